The molecule has 0 fully saturated rings. The molecule has 0 aromatic heterocycles. The Balaban J connectivity index is 2.80. The lowest BCUT2D eigenvalue weighted by Crippen LogP contribution is -2.47. The molecule has 2 N–H and O–H groups in total. The highest BCUT2D eigenvalue weighted by Crippen LogP contribution is 2.21. The van der Waals surface area contributed by atoms with Gasteiger partial charge >= 0.3 is 5.97 Å². The molecule has 1 rings (SSSR count). The summed E-state index contributed by atoms with van der Waals surface area (Å²) in [4.78, 5) is 36.7. The fraction of sp³-hybridized carbons (Fsp3) is 0.500. The number of benzene rings is 1. The molecule has 0 aliphatic rings. The topological polar surface area (TPSA) is 84.5 Å². The highest BCUT2D eigenvalue weighted by Gasteiger charge is 2.29. The Bertz CT molecular complexity index is 665. The van der Waals surface area contributed by atoms with Crippen molar-refractivity contribution in [2.45, 2.75) is 46.3 Å². The fourth-order valence-corrected chi connectivity index (χ4v) is 2.58. The number of nitrogens with one attached hydrogen (secondary N) is 2. The second-order valence-electron chi connectivity index (χ2n) is 6.19. The SMILES string of the molecule is CCCNC(=O)[C@H](C)OC(=O)[C@@H](NC(=O)c1ccc(Cl)cc1Cl)C(C)C. The Labute approximate surface area is 163 Å². The largest absolute Gasteiger partial charge is 0.451 e. The van der Waals surface area contributed by atoms with E-state index in [1.54, 1.807) is 13.8 Å². The minimum absolute atomic E-state index is 0.179. The molecule has 1 aromatic rings. The maximum Gasteiger partial charge on any atom is 0.329 e. The molecule has 6 nitrogen and oxygen atoms in total. The van der Waals surface area contributed by atoms with Crippen LogP contribution in [0.1, 0.15) is 44.5 Å². The highest BCUT2D eigenvalue weighted by atomic mass is 35.5. The molecule has 0 bridgehead atoms. The second kappa shape index (κ2) is 10.4. The third-order valence-corrected chi connectivity index (χ3v) is 4.14. The van der Waals surface area contributed by atoms with Crippen LogP contribution in [0.4, 0.5) is 0 Å². The molecule has 0 spiro atoms. The Morgan fingerprint density at radius 1 is 1.15 bits per heavy atom. The molecule has 0 saturated heterocycles. The predicted octanol–water partition coefficient (Wildman–Crippen LogP) is 3.21. The molecule has 0 unspecified atom stereocenters. The van der Waals surface area contributed by atoms with Gasteiger partial charge in [-0.1, -0.05) is 44.0 Å². The van der Waals surface area contributed by atoms with Crippen LogP contribution < -0.4 is 10.6 Å². The molecule has 26 heavy (non-hydrogen) atoms. The zero-order chi connectivity index (χ0) is 19.9. The minimum atomic E-state index is -0.952. The van der Waals surface area contributed by atoms with Crippen molar-refractivity contribution >= 4 is 41.0 Å². The van der Waals surface area contributed by atoms with Gasteiger partial charge in [0.15, 0.2) is 6.10 Å². The van der Waals surface area contributed by atoms with Gasteiger partial charge in [-0.15, -0.1) is 0 Å². The lowest BCUT2D eigenvalue weighted by atomic mass is 10.0. The van der Waals surface area contributed by atoms with E-state index in [-0.39, 0.29) is 22.4 Å². The van der Waals surface area contributed by atoms with Crippen LogP contribution in [0.15, 0.2) is 18.2 Å². The zero-order valence-electron chi connectivity index (χ0n) is 15.3. The minimum Gasteiger partial charge on any atom is -0.451 e. The van der Waals surface area contributed by atoms with E-state index in [9.17, 15) is 14.4 Å². The third kappa shape index (κ3) is 6.50. The van der Waals surface area contributed by atoms with Crippen molar-refractivity contribution in [3.63, 3.8) is 0 Å². The Kier molecular flexibility index (Phi) is 8.88. The summed E-state index contributed by atoms with van der Waals surface area (Å²) in [6.45, 7) is 7.43. The second-order valence-corrected chi connectivity index (χ2v) is 7.03. The van der Waals surface area contributed by atoms with Gasteiger partial charge in [-0.25, -0.2) is 4.79 Å². The average molecular weight is 403 g/mol. The summed E-state index contributed by atoms with van der Waals surface area (Å²) in [5.74, 6) is -1.83. The smallest absolute Gasteiger partial charge is 0.329 e. The Hall–Kier alpha value is -1.79. The van der Waals surface area contributed by atoms with Crippen molar-refractivity contribution in [2.75, 3.05) is 6.54 Å². The normalized spacial score (nSPS) is 13.0. The molecule has 8 heteroatoms. The first-order valence-electron chi connectivity index (χ1n) is 8.41. The van der Waals surface area contributed by atoms with E-state index >= 15 is 0 Å². The number of halogens is 2. The molecule has 0 aliphatic carbocycles. The first kappa shape index (κ1) is 22.3. The van der Waals surface area contributed by atoms with Crippen LogP contribution in [0, 0.1) is 5.92 Å². The van der Waals surface area contributed by atoms with Gasteiger partial charge in [0, 0.05) is 11.6 Å². The maximum atomic E-state index is 12.4. The van der Waals surface area contributed by atoms with Crippen LogP contribution in [0.25, 0.3) is 0 Å². The summed E-state index contributed by atoms with van der Waals surface area (Å²) in [7, 11) is 0. The van der Waals surface area contributed by atoms with Gasteiger partial charge < -0.3 is 15.4 Å². The monoisotopic (exact) mass is 402 g/mol. The van der Waals surface area contributed by atoms with Crippen molar-refractivity contribution in [1.29, 1.82) is 0 Å². The number of rotatable bonds is 8. The van der Waals surface area contributed by atoms with Gasteiger partial charge in [-0.2, -0.15) is 0 Å². The van der Waals surface area contributed by atoms with E-state index in [1.165, 1.54) is 25.1 Å². The van der Waals surface area contributed by atoms with Crippen LogP contribution in [-0.2, 0) is 14.3 Å². The molecule has 0 radical (unpaired) electrons. The lowest BCUT2D eigenvalue weighted by Gasteiger charge is -2.23. The molecule has 0 saturated carbocycles. The van der Waals surface area contributed by atoms with Crippen LogP contribution >= 0.6 is 23.2 Å². The van der Waals surface area contributed by atoms with Gasteiger partial charge in [0.05, 0.1) is 10.6 Å². The summed E-state index contributed by atoms with van der Waals surface area (Å²) in [5, 5.41) is 5.84. The van der Waals surface area contributed by atoms with Gasteiger partial charge in [-0.3, -0.25) is 9.59 Å². The number of hydrogen-bond acceptors (Lipinski definition) is 4. The lowest BCUT2D eigenvalue weighted by molar-refractivity contribution is -0.157. The molecule has 2 atom stereocenters. The van der Waals surface area contributed by atoms with Crippen LogP contribution in [-0.4, -0.2) is 36.5 Å². The van der Waals surface area contributed by atoms with Crippen LogP contribution in [0.5, 0.6) is 0 Å². The molecule has 0 heterocycles. The van der Waals surface area contributed by atoms with Crippen molar-refractivity contribution in [2.24, 2.45) is 5.92 Å². The Morgan fingerprint density at radius 3 is 2.35 bits per heavy atom. The average Bonchev–Trinajstić information content (AvgIpc) is 2.56. The van der Waals surface area contributed by atoms with E-state index in [0.29, 0.717) is 11.6 Å². The van der Waals surface area contributed by atoms with Gasteiger partial charge in [0.2, 0.25) is 0 Å². The van der Waals surface area contributed by atoms with Crippen LogP contribution in [0.2, 0.25) is 10.0 Å². The van der Waals surface area contributed by atoms with Gasteiger partial charge in [0.1, 0.15) is 6.04 Å². The van der Waals surface area contributed by atoms with E-state index in [1.807, 2.05) is 6.92 Å². The van der Waals surface area contributed by atoms with E-state index in [0.717, 1.165) is 6.42 Å². The molecule has 144 valence electrons. The number of ether oxygens (including phenoxy) is 1. The highest BCUT2D eigenvalue weighted by molar-refractivity contribution is 6.36. The standard InChI is InChI=1S/C18H24Cl2N2O4/c1-5-8-21-16(23)11(4)26-18(25)15(10(2)3)22-17(24)13-7-6-12(19)9-14(13)20/h6-7,9-11,15H,5,8H2,1-4H3,(H,21,23)(H,22,24)/t11-,15-/m0/s1. The maximum absolute atomic E-state index is 12.4. The van der Waals surface area contributed by atoms with E-state index < -0.39 is 24.0 Å². The summed E-state index contributed by atoms with van der Waals surface area (Å²) in [6, 6.07) is 3.53. The molecule has 1 aromatic carbocycles. The third-order valence-electron chi connectivity index (χ3n) is 3.59. The first-order chi connectivity index (χ1) is 12.2. The number of carbonyl (C=O) groups is 3. The first-order valence-corrected chi connectivity index (χ1v) is 9.17. The predicted molar refractivity (Wildman–Crippen MR) is 101 cm³/mol. The van der Waals surface area contributed by atoms with Gasteiger partial charge in [0.25, 0.3) is 11.8 Å². The molecule has 2 amide bonds. The number of amides is 2. The summed E-state index contributed by atoms with van der Waals surface area (Å²) >= 11 is 11.9. The van der Waals surface area contributed by atoms with Crippen molar-refractivity contribution in [1.82, 2.24) is 10.6 Å². The summed E-state index contributed by atoms with van der Waals surface area (Å²) in [6.07, 6.45) is -0.176. The van der Waals surface area contributed by atoms with E-state index in [2.05, 4.69) is 10.6 Å². The number of esters is 1. The Morgan fingerprint density at radius 2 is 1.81 bits per heavy atom. The van der Waals surface area contributed by atoms with E-state index in [4.69, 9.17) is 27.9 Å². The van der Waals surface area contributed by atoms with Crippen molar-refractivity contribution in [3.8, 4) is 0 Å². The summed E-state index contributed by atoms with van der Waals surface area (Å²) in [5.41, 5.74) is 0.197. The molecule has 0 aliphatic heterocycles. The van der Waals surface area contributed by atoms with Crippen molar-refractivity contribution < 1.29 is 19.1 Å². The number of hydrogen-bond donors (Lipinski definition) is 2. The molecular formula is C18H24Cl2N2O4. The molecular weight excluding hydrogens is 379 g/mol. The quantitative estimate of drug-likeness (QED) is 0.653. The van der Waals surface area contributed by atoms with Crippen molar-refractivity contribution in [3.05, 3.63) is 33.8 Å². The zero-order valence-corrected chi connectivity index (χ0v) is 16.8. The fourth-order valence-electron chi connectivity index (χ4n) is 2.08. The number of carbonyl (C=O) groups excluding carboxylic acids is 3. The van der Waals surface area contributed by atoms with Crippen LogP contribution in [0.3, 0.4) is 0 Å². The summed E-state index contributed by atoms with van der Waals surface area (Å²) < 4.78 is 5.20. The van der Waals surface area contributed by atoms with Gasteiger partial charge in [-0.05, 0) is 37.5 Å².